The molecule has 0 saturated carbocycles. The smallest absolute Gasteiger partial charge is 0.478 e. The van der Waals surface area contributed by atoms with Crippen LogP contribution in [0.15, 0.2) is 54.6 Å². The van der Waals surface area contributed by atoms with E-state index in [-0.39, 0.29) is 25.1 Å². The van der Waals surface area contributed by atoms with Crippen LogP contribution in [0.1, 0.15) is 22.8 Å². The van der Waals surface area contributed by atoms with Crippen molar-refractivity contribution in [2.45, 2.75) is 25.2 Å². The zero-order valence-electron chi connectivity index (χ0n) is 16.7. The summed E-state index contributed by atoms with van der Waals surface area (Å²) >= 11 is 0. The lowest BCUT2D eigenvalue weighted by Crippen LogP contribution is -3.07. The number of carbonyl (C=O) groups is 2. The fourth-order valence-corrected chi connectivity index (χ4v) is 2.83. The number of benzene rings is 2. The summed E-state index contributed by atoms with van der Waals surface area (Å²) in [7, 11) is 1.42. The van der Waals surface area contributed by atoms with Gasteiger partial charge in [0.25, 0.3) is 5.91 Å². The van der Waals surface area contributed by atoms with Crippen LogP contribution in [0.5, 0.6) is 5.75 Å². The van der Waals surface area contributed by atoms with Gasteiger partial charge >= 0.3 is 17.8 Å². The number of hydrogen-bond donors (Lipinski definition) is 2. The van der Waals surface area contributed by atoms with E-state index in [0.29, 0.717) is 5.75 Å². The third-order valence-electron chi connectivity index (χ3n) is 4.43. The van der Waals surface area contributed by atoms with Crippen molar-refractivity contribution in [1.82, 2.24) is 5.32 Å². The minimum absolute atomic E-state index is 0.0508. The summed E-state index contributed by atoms with van der Waals surface area (Å²) in [5, 5.41) is 2.62. The van der Waals surface area contributed by atoms with E-state index >= 15 is 0 Å². The number of carbonyl (C=O) groups excluding carboxylic acids is 2. The van der Waals surface area contributed by atoms with Crippen molar-refractivity contribution in [3.8, 4) is 5.75 Å². The lowest BCUT2D eigenvalue weighted by atomic mass is 10.1. The Bertz CT molecular complexity index is 842. The Morgan fingerprint density at radius 2 is 1.67 bits per heavy atom. The first-order chi connectivity index (χ1) is 14.2. The summed E-state index contributed by atoms with van der Waals surface area (Å²) in [5.41, 5.74) is -2.52. The Morgan fingerprint density at radius 1 is 1.03 bits per heavy atom. The van der Waals surface area contributed by atoms with Crippen LogP contribution in [0.25, 0.3) is 0 Å². The van der Waals surface area contributed by atoms with Crippen LogP contribution in [0.3, 0.4) is 0 Å². The fraction of sp³-hybridized carbons (Fsp3) is 0.333. The van der Waals surface area contributed by atoms with E-state index in [0.717, 1.165) is 10.9 Å². The lowest BCUT2D eigenvalue weighted by Gasteiger charge is -2.31. The Labute approximate surface area is 172 Å². The van der Waals surface area contributed by atoms with Gasteiger partial charge in [0.15, 0.2) is 0 Å². The largest absolute Gasteiger partial charge is 0.497 e. The Kier molecular flexibility index (Phi) is 7.82. The maximum absolute atomic E-state index is 14.1. The predicted molar refractivity (Wildman–Crippen MR) is 103 cm³/mol. The molecule has 0 aliphatic heterocycles. The third kappa shape index (κ3) is 5.50. The SMILES string of the molecule is CCOC(=O)[C@@](NC(=O)c1ccc(OC)cc1)([NH2+]CCc1ccccc1)C(F)(F)F. The molecule has 0 aliphatic carbocycles. The van der Waals surface area contributed by atoms with Crippen LogP contribution >= 0.6 is 0 Å². The number of ether oxygens (including phenoxy) is 2. The first-order valence-corrected chi connectivity index (χ1v) is 9.32. The van der Waals surface area contributed by atoms with Gasteiger partial charge in [-0.2, -0.15) is 13.2 Å². The summed E-state index contributed by atoms with van der Waals surface area (Å²) in [6.07, 6.45) is -4.84. The Morgan fingerprint density at radius 3 is 2.20 bits per heavy atom. The molecule has 0 heterocycles. The number of nitrogens with one attached hydrogen (secondary N) is 1. The van der Waals surface area contributed by atoms with Gasteiger partial charge in [0.1, 0.15) is 5.75 Å². The van der Waals surface area contributed by atoms with Crippen molar-refractivity contribution in [2.75, 3.05) is 20.3 Å². The van der Waals surface area contributed by atoms with Gasteiger partial charge in [-0.05, 0) is 36.8 Å². The quantitative estimate of drug-likeness (QED) is 0.476. The van der Waals surface area contributed by atoms with E-state index in [1.807, 2.05) is 5.32 Å². The number of methoxy groups -OCH3 is 1. The van der Waals surface area contributed by atoms with E-state index < -0.39 is 23.7 Å². The highest BCUT2D eigenvalue weighted by molar-refractivity contribution is 5.97. The van der Waals surface area contributed by atoms with Gasteiger partial charge in [-0.25, -0.2) is 4.79 Å². The first-order valence-electron chi connectivity index (χ1n) is 9.32. The summed E-state index contributed by atoms with van der Waals surface area (Å²) in [6.45, 7) is 1.03. The van der Waals surface area contributed by atoms with Gasteiger partial charge in [0.2, 0.25) is 0 Å². The van der Waals surface area contributed by atoms with Crippen molar-refractivity contribution in [3.63, 3.8) is 0 Å². The highest BCUT2D eigenvalue weighted by Gasteiger charge is 2.67. The minimum Gasteiger partial charge on any atom is -0.497 e. The molecular formula is C21H24F3N2O4+. The molecule has 0 unspecified atom stereocenters. The Hall–Kier alpha value is -3.07. The van der Waals surface area contributed by atoms with Crippen LogP contribution in [-0.4, -0.2) is 44.0 Å². The van der Waals surface area contributed by atoms with Gasteiger partial charge < -0.3 is 14.8 Å². The average molecular weight is 425 g/mol. The molecule has 6 nitrogen and oxygen atoms in total. The second kappa shape index (κ2) is 10.1. The highest BCUT2D eigenvalue weighted by atomic mass is 19.4. The van der Waals surface area contributed by atoms with Crippen LogP contribution in [0, 0.1) is 0 Å². The van der Waals surface area contributed by atoms with Gasteiger partial charge in [-0.15, -0.1) is 0 Å². The number of rotatable bonds is 9. The molecule has 0 aliphatic rings. The number of alkyl halides is 3. The fourth-order valence-electron chi connectivity index (χ4n) is 2.83. The summed E-state index contributed by atoms with van der Waals surface area (Å²) in [4.78, 5) is 25.0. The normalized spacial score (nSPS) is 13.2. The zero-order valence-corrected chi connectivity index (χ0v) is 16.7. The monoisotopic (exact) mass is 425 g/mol. The summed E-state index contributed by atoms with van der Waals surface area (Å²) < 4.78 is 52.0. The lowest BCUT2D eigenvalue weighted by molar-refractivity contribution is -0.743. The number of nitrogens with two attached hydrogens (primary N) is 1. The van der Waals surface area contributed by atoms with E-state index in [4.69, 9.17) is 4.74 Å². The topological polar surface area (TPSA) is 81.2 Å². The molecule has 1 amide bonds. The number of hydrogen-bond acceptors (Lipinski definition) is 4. The molecular weight excluding hydrogens is 401 g/mol. The second-order valence-corrected chi connectivity index (χ2v) is 6.44. The molecule has 2 rings (SSSR count). The standard InChI is InChI=1S/C21H23F3N2O4/c1-3-30-19(28)20(21(22,23)24,25-14-13-15-7-5-4-6-8-15)26-18(27)16-9-11-17(29-2)12-10-16/h4-12,25H,3,13-14H2,1-2H3,(H,26,27)/p+1/t20-/m0/s1. The van der Waals surface area contributed by atoms with Crippen molar-refractivity contribution >= 4 is 11.9 Å². The highest BCUT2D eigenvalue weighted by Crippen LogP contribution is 2.27. The molecule has 1 atom stereocenters. The van der Waals surface area contributed by atoms with Crippen LogP contribution in [0.2, 0.25) is 0 Å². The van der Waals surface area contributed by atoms with E-state index in [1.54, 1.807) is 30.3 Å². The molecule has 0 saturated heterocycles. The van der Waals surface area contributed by atoms with Crippen molar-refractivity contribution < 1.29 is 37.6 Å². The van der Waals surface area contributed by atoms with Crippen LogP contribution < -0.4 is 15.4 Å². The van der Waals surface area contributed by atoms with Crippen molar-refractivity contribution in [1.29, 1.82) is 0 Å². The molecule has 162 valence electrons. The maximum atomic E-state index is 14.1. The predicted octanol–water partition coefficient (Wildman–Crippen LogP) is 2.05. The minimum atomic E-state index is -5.10. The molecule has 9 heteroatoms. The summed E-state index contributed by atoms with van der Waals surface area (Å²) in [5.74, 6) is -2.19. The van der Waals surface area contributed by atoms with Crippen LogP contribution in [0.4, 0.5) is 13.2 Å². The molecule has 0 spiro atoms. The van der Waals surface area contributed by atoms with Crippen molar-refractivity contribution in [3.05, 3.63) is 65.7 Å². The number of quaternary nitrogens is 1. The second-order valence-electron chi connectivity index (χ2n) is 6.44. The Balaban J connectivity index is 2.29. The number of esters is 1. The first kappa shape index (κ1) is 23.2. The van der Waals surface area contributed by atoms with Gasteiger partial charge in [-0.3, -0.25) is 10.1 Å². The zero-order chi connectivity index (χ0) is 22.2. The third-order valence-corrected chi connectivity index (χ3v) is 4.43. The number of halogens is 3. The molecule has 3 N–H and O–H groups in total. The van der Waals surface area contributed by atoms with E-state index in [9.17, 15) is 22.8 Å². The van der Waals surface area contributed by atoms with Crippen molar-refractivity contribution in [2.24, 2.45) is 0 Å². The molecule has 0 aromatic heterocycles. The van der Waals surface area contributed by atoms with Gasteiger partial charge in [0, 0.05) is 12.0 Å². The van der Waals surface area contributed by atoms with E-state index in [2.05, 4.69) is 4.74 Å². The average Bonchev–Trinajstić information content (AvgIpc) is 2.73. The van der Waals surface area contributed by atoms with E-state index in [1.165, 1.54) is 38.3 Å². The molecule has 30 heavy (non-hydrogen) atoms. The maximum Gasteiger partial charge on any atom is 0.478 e. The molecule has 0 fully saturated rings. The van der Waals surface area contributed by atoms with Gasteiger partial charge in [-0.1, -0.05) is 30.3 Å². The number of amides is 1. The van der Waals surface area contributed by atoms with Gasteiger partial charge in [0.05, 0.1) is 20.3 Å². The molecule has 0 radical (unpaired) electrons. The summed E-state index contributed by atoms with van der Waals surface area (Å²) in [6, 6.07) is 14.4. The van der Waals surface area contributed by atoms with Crippen LogP contribution in [-0.2, 0) is 16.0 Å². The molecule has 2 aromatic carbocycles. The molecule has 2 aromatic rings. The molecule has 0 bridgehead atoms.